The number of carbonyl (C=O) groups is 2. The van der Waals surface area contributed by atoms with Gasteiger partial charge in [-0.15, -0.1) is 0 Å². The van der Waals surface area contributed by atoms with E-state index in [2.05, 4.69) is 86.8 Å². The number of quaternary nitrogens is 1. The minimum absolute atomic E-state index is 0.0202. The van der Waals surface area contributed by atoms with Gasteiger partial charge < -0.3 is 18.9 Å². The van der Waals surface area contributed by atoms with Crippen molar-refractivity contribution in [2.45, 2.75) is 161 Å². The Balaban J connectivity index is 4.43. The number of likely N-dealkylation sites (N-methyl/N-ethyl adjacent to an activating group) is 1. The molecule has 0 amide bonds. The van der Waals surface area contributed by atoms with Gasteiger partial charge in [-0.3, -0.25) is 18.6 Å². The van der Waals surface area contributed by atoms with Crippen LogP contribution in [0.4, 0.5) is 0 Å². The number of phosphoric acid groups is 1. The van der Waals surface area contributed by atoms with E-state index in [4.69, 9.17) is 18.5 Å². The molecule has 0 aromatic rings. The second kappa shape index (κ2) is 38.0. The van der Waals surface area contributed by atoms with Crippen molar-refractivity contribution in [2.24, 2.45) is 0 Å². The molecule has 0 aromatic heterocycles. The highest BCUT2D eigenvalue weighted by Crippen LogP contribution is 2.43. The lowest BCUT2D eigenvalue weighted by molar-refractivity contribution is -0.870. The topological polar surface area (TPSA) is 108 Å². The molecule has 0 rings (SSSR count). The number of nitrogens with zero attached hydrogens (tertiary/aromatic N) is 1. The number of phosphoric ester groups is 1. The summed E-state index contributed by atoms with van der Waals surface area (Å²) in [6, 6.07) is 0. The molecule has 0 bridgehead atoms. The number of esters is 2. The normalized spacial score (nSPS) is 14.3. The van der Waals surface area contributed by atoms with Crippen LogP contribution >= 0.6 is 7.82 Å². The Bertz CT molecular complexity index is 1180. The minimum Gasteiger partial charge on any atom is -0.462 e. The van der Waals surface area contributed by atoms with Gasteiger partial charge in [-0.05, 0) is 83.5 Å². The number of hydrogen-bond donors (Lipinski definition) is 1. The summed E-state index contributed by atoms with van der Waals surface area (Å²) in [5.74, 6) is -0.855. The van der Waals surface area contributed by atoms with E-state index in [9.17, 15) is 19.0 Å². The number of unbranched alkanes of at least 4 members (excludes halogenated alkanes) is 12. The van der Waals surface area contributed by atoms with E-state index in [0.29, 0.717) is 23.9 Å². The van der Waals surface area contributed by atoms with Gasteiger partial charge in [0.05, 0.1) is 27.7 Å². The van der Waals surface area contributed by atoms with Crippen molar-refractivity contribution >= 4 is 19.8 Å². The Morgan fingerprint density at radius 2 is 1.02 bits per heavy atom. The van der Waals surface area contributed by atoms with Crippen LogP contribution in [0.3, 0.4) is 0 Å². The Morgan fingerprint density at radius 1 is 0.571 bits per heavy atom. The number of ether oxygens (including phenoxy) is 2. The van der Waals surface area contributed by atoms with Crippen molar-refractivity contribution < 1.29 is 42.1 Å². The molecule has 0 spiro atoms. The van der Waals surface area contributed by atoms with Gasteiger partial charge in [-0.1, -0.05) is 132 Å². The average Bonchev–Trinajstić information content (AvgIpc) is 3.15. The van der Waals surface area contributed by atoms with E-state index in [1.54, 1.807) is 0 Å². The molecule has 10 heteroatoms. The maximum Gasteiger partial charge on any atom is 0.472 e. The molecule has 0 aliphatic carbocycles. The summed E-state index contributed by atoms with van der Waals surface area (Å²) in [7, 11) is 1.44. The molecule has 0 heterocycles. The van der Waals surface area contributed by atoms with Crippen LogP contribution < -0.4 is 0 Å². The first-order valence-corrected chi connectivity index (χ1v) is 23.2. The van der Waals surface area contributed by atoms with Crippen molar-refractivity contribution in [3.8, 4) is 0 Å². The molecule has 0 radical (unpaired) electrons. The number of allylic oxidation sites excluding steroid dienone is 12. The van der Waals surface area contributed by atoms with E-state index in [0.717, 1.165) is 89.9 Å². The van der Waals surface area contributed by atoms with Crippen LogP contribution in [0.5, 0.6) is 0 Å². The Kier molecular flexibility index (Phi) is 36.3. The lowest BCUT2D eigenvalue weighted by Gasteiger charge is -2.24. The van der Waals surface area contributed by atoms with Gasteiger partial charge in [-0.25, -0.2) is 4.57 Å². The fourth-order valence-electron chi connectivity index (χ4n) is 5.33. The second-order valence-electron chi connectivity index (χ2n) is 15.3. The van der Waals surface area contributed by atoms with Gasteiger partial charge in [0.1, 0.15) is 19.8 Å². The van der Waals surface area contributed by atoms with E-state index in [-0.39, 0.29) is 26.1 Å². The molecule has 322 valence electrons. The maximum absolute atomic E-state index is 12.7. The highest BCUT2D eigenvalue weighted by molar-refractivity contribution is 7.47. The lowest BCUT2D eigenvalue weighted by atomic mass is 10.1. The van der Waals surface area contributed by atoms with Gasteiger partial charge in [0, 0.05) is 12.8 Å². The molecule has 1 N–H and O–H groups in total. The van der Waals surface area contributed by atoms with Crippen molar-refractivity contribution in [3.05, 3.63) is 72.9 Å². The quantitative estimate of drug-likeness (QED) is 0.0216. The first-order chi connectivity index (χ1) is 27.0. The van der Waals surface area contributed by atoms with Crippen molar-refractivity contribution in [1.82, 2.24) is 0 Å². The Morgan fingerprint density at radius 3 is 1.54 bits per heavy atom. The van der Waals surface area contributed by atoms with Crippen LogP contribution in [-0.2, 0) is 32.7 Å². The first kappa shape index (κ1) is 53.5. The number of carbonyl (C=O) groups excluding carboxylic acids is 2. The van der Waals surface area contributed by atoms with Crippen molar-refractivity contribution in [3.63, 3.8) is 0 Å². The summed E-state index contributed by atoms with van der Waals surface area (Å²) < 4.78 is 34.2. The summed E-state index contributed by atoms with van der Waals surface area (Å²) in [6.45, 7) is 4.21. The van der Waals surface area contributed by atoms with Crippen molar-refractivity contribution in [2.75, 3.05) is 47.5 Å². The molecule has 2 unspecified atom stereocenters. The molecule has 0 fully saturated rings. The molecule has 2 atom stereocenters. The van der Waals surface area contributed by atoms with Crippen LogP contribution in [0.15, 0.2) is 72.9 Å². The van der Waals surface area contributed by atoms with E-state index < -0.39 is 32.5 Å². The largest absolute Gasteiger partial charge is 0.472 e. The van der Waals surface area contributed by atoms with Gasteiger partial charge in [0.2, 0.25) is 0 Å². The molecule has 56 heavy (non-hydrogen) atoms. The van der Waals surface area contributed by atoms with Crippen LogP contribution in [0, 0.1) is 0 Å². The number of hydrogen-bond acceptors (Lipinski definition) is 7. The zero-order chi connectivity index (χ0) is 41.4. The van der Waals surface area contributed by atoms with E-state index in [1.807, 2.05) is 21.1 Å². The summed E-state index contributed by atoms with van der Waals surface area (Å²) in [6.07, 6.45) is 46.6. The standard InChI is InChI=1S/C46H80NO8P/c1-6-8-10-12-14-16-18-20-21-22-23-24-25-27-29-31-33-35-37-39-46(49)55-44(43-54-56(50,51)53-41-40-47(3,4)5)42-52-45(48)38-36-34-32-30-28-26-19-17-15-13-11-9-7-2/h9,11,14-17,20-21,23-24,26,28,44H,6-8,10,12-13,18-19,22,25,27,29-43H2,1-5H3/p+1/b11-9-,16-14-,17-15-,21-20-,24-23-,28-26-. The van der Waals surface area contributed by atoms with E-state index in [1.165, 1.54) is 25.7 Å². The lowest BCUT2D eigenvalue weighted by Crippen LogP contribution is -2.37. The molecular formula is C46H81NO8P+. The highest BCUT2D eigenvalue weighted by Gasteiger charge is 2.27. The smallest absolute Gasteiger partial charge is 0.462 e. The van der Waals surface area contributed by atoms with Gasteiger partial charge in [0.15, 0.2) is 6.10 Å². The van der Waals surface area contributed by atoms with Gasteiger partial charge in [-0.2, -0.15) is 0 Å². The third-order valence-electron chi connectivity index (χ3n) is 8.72. The molecule has 0 aliphatic rings. The van der Waals surface area contributed by atoms with Crippen LogP contribution in [0.2, 0.25) is 0 Å². The van der Waals surface area contributed by atoms with Gasteiger partial charge in [0.25, 0.3) is 0 Å². The SMILES string of the molecule is CC/C=C\C/C=C\C/C=C\CCCCCC(=O)OCC(COP(=O)(O)OCC[N+](C)(C)C)OC(=O)CCCCCCCC/C=C\C/C=C\C/C=C\CCCCC. The molecule has 9 nitrogen and oxygen atoms in total. The molecule has 0 aliphatic heterocycles. The monoisotopic (exact) mass is 807 g/mol. The Labute approximate surface area is 342 Å². The zero-order valence-corrected chi connectivity index (χ0v) is 37.0. The third-order valence-corrected chi connectivity index (χ3v) is 9.70. The number of rotatable bonds is 38. The fraction of sp³-hybridized carbons (Fsp3) is 0.696. The van der Waals surface area contributed by atoms with Crippen LogP contribution in [0.1, 0.15) is 155 Å². The minimum atomic E-state index is -4.39. The predicted octanol–water partition coefficient (Wildman–Crippen LogP) is 12.2. The Hall–Kier alpha value is -2.55. The van der Waals surface area contributed by atoms with E-state index >= 15 is 0 Å². The third kappa shape index (κ3) is 41.1. The summed E-state index contributed by atoms with van der Waals surface area (Å²) in [5.41, 5.74) is 0. The average molecular weight is 807 g/mol. The molecule has 0 saturated carbocycles. The predicted molar refractivity (Wildman–Crippen MR) is 233 cm³/mol. The van der Waals surface area contributed by atoms with Crippen LogP contribution in [0.25, 0.3) is 0 Å². The zero-order valence-electron chi connectivity index (χ0n) is 36.1. The first-order valence-electron chi connectivity index (χ1n) is 21.7. The highest BCUT2D eigenvalue weighted by atomic mass is 31.2. The second-order valence-corrected chi connectivity index (χ2v) is 16.8. The maximum atomic E-state index is 12.7. The van der Waals surface area contributed by atoms with Crippen molar-refractivity contribution in [1.29, 1.82) is 0 Å². The molecule has 0 saturated heterocycles. The molecule has 0 aromatic carbocycles. The summed E-state index contributed by atoms with van der Waals surface area (Å²) in [5, 5.41) is 0. The summed E-state index contributed by atoms with van der Waals surface area (Å²) in [4.78, 5) is 35.3. The fourth-order valence-corrected chi connectivity index (χ4v) is 6.07. The molecular weight excluding hydrogens is 725 g/mol. The van der Waals surface area contributed by atoms with Gasteiger partial charge >= 0.3 is 19.8 Å². The summed E-state index contributed by atoms with van der Waals surface area (Å²) >= 11 is 0. The van der Waals surface area contributed by atoms with Crippen LogP contribution in [-0.4, -0.2) is 74.9 Å².